The summed E-state index contributed by atoms with van der Waals surface area (Å²) >= 11 is 10.9. The van der Waals surface area contributed by atoms with Gasteiger partial charge in [0.25, 0.3) is 0 Å². The Hall–Kier alpha value is 0.215. The second-order valence-electron chi connectivity index (χ2n) is 9.00. The van der Waals surface area contributed by atoms with E-state index in [1.54, 1.807) is 11.8 Å². The van der Waals surface area contributed by atoms with Crippen molar-refractivity contribution in [1.29, 1.82) is 0 Å². The summed E-state index contributed by atoms with van der Waals surface area (Å²) in [6.07, 6.45) is 16.1. The van der Waals surface area contributed by atoms with E-state index in [2.05, 4.69) is 77.2 Å². The van der Waals surface area contributed by atoms with Crippen molar-refractivity contribution in [3.8, 4) is 0 Å². The topological polar surface area (TPSA) is 27.7 Å². The largest absolute Gasteiger partial charge is 0.641 e. The van der Waals surface area contributed by atoms with Crippen molar-refractivity contribution in [2.45, 2.75) is 139 Å². The van der Waals surface area contributed by atoms with Crippen molar-refractivity contribution in [2.24, 2.45) is 0 Å². The smallest absolute Gasteiger partial charge is 0.374 e. The third kappa shape index (κ3) is 15.4. The molecule has 0 aliphatic carbocycles. The SMILES string of the molecule is CCCCCCCCCc1ccccc1SC(CCC)OB(OC(S)CCC)OC(S)CCC. The maximum absolute atomic E-state index is 6.39. The van der Waals surface area contributed by atoms with Gasteiger partial charge >= 0.3 is 7.32 Å². The van der Waals surface area contributed by atoms with Gasteiger partial charge in [-0.25, -0.2) is 0 Å². The second-order valence-corrected chi connectivity index (χ2v) is 11.4. The molecule has 1 aromatic rings. The minimum absolute atomic E-state index is 0.0467. The van der Waals surface area contributed by atoms with E-state index >= 15 is 0 Å². The fourth-order valence-electron chi connectivity index (χ4n) is 3.74. The van der Waals surface area contributed by atoms with E-state index in [0.29, 0.717) is 0 Å². The Kier molecular flexibility index (Phi) is 20.2. The van der Waals surface area contributed by atoms with Crippen LogP contribution in [0.25, 0.3) is 0 Å². The zero-order valence-corrected chi connectivity index (χ0v) is 24.7. The molecule has 3 unspecified atom stereocenters. The predicted molar refractivity (Wildman–Crippen MR) is 157 cm³/mol. The summed E-state index contributed by atoms with van der Waals surface area (Å²) in [5.74, 6) is 0. The highest BCUT2D eigenvalue weighted by atomic mass is 32.2. The van der Waals surface area contributed by atoms with Crippen LogP contribution in [0.15, 0.2) is 29.2 Å². The molecule has 3 atom stereocenters. The lowest BCUT2D eigenvalue weighted by molar-refractivity contribution is 0.0640. The van der Waals surface area contributed by atoms with E-state index in [1.807, 2.05) is 0 Å². The Morgan fingerprint density at radius 3 is 1.85 bits per heavy atom. The molecular weight excluding hydrogens is 479 g/mol. The molecule has 0 aliphatic rings. The van der Waals surface area contributed by atoms with Gasteiger partial charge in [-0.3, -0.25) is 0 Å². The second kappa shape index (κ2) is 21.3. The zero-order valence-electron chi connectivity index (χ0n) is 22.0. The van der Waals surface area contributed by atoms with Crippen LogP contribution in [0, 0.1) is 0 Å². The first-order valence-electron chi connectivity index (χ1n) is 13.6. The Labute approximate surface area is 226 Å². The molecule has 196 valence electrons. The van der Waals surface area contributed by atoms with Crippen LogP contribution in [-0.4, -0.2) is 23.6 Å². The lowest BCUT2D eigenvalue weighted by Crippen LogP contribution is -2.36. The monoisotopic (exact) mass is 528 g/mol. The number of hydrogen-bond donors (Lipinski definition) is 2. The van der Waals surface area contributed by atoms with E-state index < -0.39 is 7.32 Å². The Morgan fingerprint density at radius 2 is 1.26 bits per heavy atom. The molecule has 0 aromatic heterocycles. The third-order valence-electron chi connectivity index (χ3n) is 5.68. The lowest BCUT2D eigenvalue weighted by atomic mass is 10.0. The van der Waals surface area contributed by atoms with Gasteiger partial charge in [-0.15, -0.1) is 25.3 Å². The number of benzene rings is 1. The summed E-state index contributed by atoms with van der Waals surface area (Å²) in [4.78, 5) is 1.30. The molecule has 0 fully saturated rings. The summed E-state index contributed by atoms with van der Waals surface area (Å²) in [6.45, 7) is 8.71. The van der Waals surface area contributed by atoms with Gasteiger partial charge in [-0.05, 0) is 43.7 Å². The number of unbranched alkanes of at least 4 members (excludes halogenated alkanes) is 6. The molecule has 0 radical (unpaired) electrons. The molecule has 34 heavy (non-hydrogen) atoms. The van der Waals surface area contributed by atoms with Gasteiger partial charge in [0.2, 0.25) is 0 Å². The highest BCUT2D eigenvalue weighted by Gasteiger charge is 2.31. The Bertz CT molecular complexity index is 594. The van der Waals surface area contributed by atoms with E-state index in [4.69, 9.17) is 14.0 Å². The van der Waals surface area contributed by atoms with Gasteiger partial charge in [0.1, 0.15) is 0 Å². The van der Waals surface area contributed by atoms with Gasteiger partial charge in [0.15, 0.2) is 0 Å². The maximum atomic E-state index is 6.39. The highest BCUT2D eigenvalue weighted by Crippen LogP contribution is 2.32. The number of rotatable bonds is 22. The quantitative estimate of drug-likeness (QED) is 0.0515. The normalized spacial score (nSPS) is 14.2. The van der Waals surface area contributed by atoms with E-state index in [9.17, 15) is 0 Å². The lowest BCUT2D eigenvalue weighted by Gasteiger charge is -2.26. The molecule has 0 saturated carbocycles. The minimum Gasteiger partial charge on any atom is -0.374 e. The van der Waals surface area contributed by atoms with E-state index in [1.165, 1.54) is 55.4 Å². The van der Waals surface area contributed by atoms with Crippen molar-refractivity contribution in [1.82, 2.24) is 0 Å². The van der Waals surface area contributed by atoms with Crippen molar-refractivity contribution in [3.05, 3.63) is 29.8 Å². The fourth-order valence-corrected chi connectivity index (χ4v) is 5.71. The predicted octanol–water partition coefficient (Wildman–Crippen LogP) is 9.34. The van der Waals surface area contributed by atoms with Crippen LogP contribution in [0.1, 0.15) is 117 Å². The molecule has 0 amide bonds. The van der Waals surface area contributed by atoms with Crippen LogP contribution < -0.4 is 0 Å². The van der Waals surface area contributed by atoms with Crippen LogP contribution in [0.2, 0.25) is 0 Å². The van der Waals surface area contributed by atoms with Crippen LogP contribution in [0.3, 0.4) is 0 Å². The van der Waals surface area contributed by atoms with Crippen molar-refractivity contribution >= 4 is 44.3 Å². The van der Waals surface area contributed by atoms with Crippen LogP contribution in [0.4, 0.5) is 0 Å². The summed E-state index contributed by atoms with van der Waals surface area (Å²) < 4.78 is 18.4. The molecule has 0 saturated heterocycles. The van der Waals surface area contributed by atoms with Crippen LogP contribution >= 0.6 is 37.0 Å². The molecular formula is C27H49BO3S3. The highest BCUT2D eigenvalue weighted by molar-refractivity contribution is 7.99. The Balaban J connectivity index is 2.74. The number of thioether (sulfide) groups is 1. The average Bonchev–Trinajstić information content (AvgIpc) is 2.80. The molecule has 0 spiro atoms. The van der Waals surface area contributed by atoms with Gasteiger partial charge in [-0.1, -0.05) is 115 Å². The van der Waals surface area contributed by atoms with Crippen molar-refractivity contribution < 1.29 is 14.0 Å². The molecule has 3 nitrogen and oxygen atoms in total. The maximum Gasteiger partial charge on any atom is 0.641 e. The van der Waals surface area contributed by atoms with Gasteiger partial charge < -0.3 is 14.0 Å². The summed E-state index contributed by atoms with van der Waals surface area (Å²) in [6, 6.07) is 8.77. The standard InChI is InChI=1S/C27H49BO3S3/c1-5-9-10-11-12-13-14-20-23-21-15-16-22-24(23)34-27(19-8-4)31-28(29-25(32)17-6-2)30-26(33)18-7-3/h15-16,21-22,25-27,32-33H,5-14,17-20H2,1-4H3. The van der Waals surface area contributed by atoms with Crippen molar-refractivity contribution in [3.63, 3.8) is 0 Å². The molecule has 0 bridgehead atoms. The molecule has 7 heteroatoms. The Morgan fingerprint density at radius 1 is 0.706 bits per heavy atom. The van der Waals surface area contributed by atoms with Gasteiger partial charge in [0.05, 0.1) is 16.3 Å². The third-order valence-corrected chi connectivity index (χ3v) is 7.70. The van der Waals surface area contributed by atoms with Crippen LogP contribution in [0.5, 0.6) is 0 Å². The van der Waals surface area contributed by atoms with Gasteiger partial charge in [0, 0.05) is 4.90 Å². The first-order chi connectivity index (χ1) is 16.5. The molecule has 0 aliphatic heterocycles. The number of aryl methyl sites for hydroxylation is 1. The zero-order chi connectivity index (χ0) is 25.0. The first-order valence-corrected chi connectivity index (χ1v) is 15.5. The summed E-state index contributed by atoms with van der Waals surface area (Å²) in [7, 11) is -0.762. The minimum atomic E-state index is -0.762. The van der Waals surface area contributed by atoms with Crippen molar-refractivity contribution in [2.75, 3.05) is 0 Å². The summed E-state index contributed by atoms with van der Waals surface area (Å²) in [5, 5.41) is 0. The average molecular weight is 529 g/mol. The summed E-state index contributed by atoms with van der Waals surface area (Å²) in [5.41, 5.74) is 0.942. The molecule has 1 aromatic carbocycles. The van der Waals surface area contributed by atoms with Crippen LogP contribution in [-0.2, 0) is 20.4 Å². The van der Waals surface area contributed by atoms with Gasteiger partial charge in [-0.2, -0.15) is 0 Å². The fraction of sp³-hybridized carbons (Fsp3) is 0.778. The number of hydrogen-bond acceptors (Lipinski definition) is 6. The first kappa shape index (κ1) is 32.2. The molecule has 0 heterocycles. The van der Waals surface area contributed by atoms with E-state index in [-0.39, 0.29) is 16.3 Å². The number of thiol groups is 2. The molecule has 1 rings (SSSR count). The van der Waals surface area contributed by atoms with E-state index in [0.717, 1.165) is 44.9 Å². The molecule has 0 N–H and O–H groups in total.